The quantitative estimate of drug-likeness (QED) is 0.440. The maximum absolute atomic E-state index is 14.8. The third kappa shape index (κ3) is 7.15. The Hall–Kier alpha value is -3.71. The molecule has 0 saturated carbocycles. The number of hydrogen-bond acceptors (Lipinski definition) is 5. The van der Waals surface area contributed by atoms with Gasteiger partial charge in [0.2, 0.25) is 5.88 Å². The van der Waals surface area contributed by atoms with Gasteiger partial charge in [-0.2, -0.15) is 13.2 Å². The van der Waals surface area contributed by atoms with Crippen LogP contribution in [-0.4, -0.2) is 60.7 Å². The molecule has 0 aliphatic rings. The SMILES string of the molecule is CCN(CC(F)F)C(=O)Nc1cc(OC(C)C(F)(F)F)c(C(=O)Nc2c(C)ccnc2OC)cc1F. The van der Waals surface area contributed by atoms with Crippen molar-refractivity contribution in [2.45, 2.75) is 39.5 Å². The largest absolute Gasteiger partial charge is 0.480 e. The minimum atomic E-state index is -4.84. The minimum Gasteiger partial charge on any atom is -0.480 e. The van der Waals surface area contributed by atoms with Crippen LogP contribution in [0.2, 0.25) is 0 Å². The third-order valence-electron chi connectivity index (χ3n) is 4.90. The summed E-state index contributed by atoms with van der Waals surface area (Å²) in [6.07, 6.45) is -8.73. The molecule has 0 fully saturated rings. The number of methoxy groups -OCH3 is 1. The number of carbonyl (C=O) groups excluding carboxylic acids is 2. The Bertz CT molecular complexity index is 1100. The second-order valence-electron chi connectivity index (χ2n) is 7.46. The number of halogens is 6. The summed E-state index contributed by atoms with van der Waals surface area (Å²) in [5.41, 5.74) is -0.733. The van der Waals surface area contributed by atoms with Crippen LogP contribution in [0.15, 0.2) is 24.4 Å². The molecule has 2 aromatic rings. The van der Waals surface area contributed by atoms with E-state index in [1.54, 1.807) is 6.92 Å². The number of pyridine rings is 1. The number of nitrogens with zero attached hydrogens (tertiary/aromatic N) is 2. The molecule has 3 amide bonds. The van der Waals surface area contributed by atoms with E-state index < -0.39 is 60.0 Å². The molecule has 2 N–H and O–H groups in total. The molecule has 36 heavy (non-hydrogen) atoms. The number of aryl methyl sites for hydroxylation is 1. The molecule has 1 atom stereocenters. The number of carbonyl (C=O) groups is 2. The van der Waals surface area contributed by atoms with Gasteiger partial charge in [-0.3, -0.25) is 4.79 Å². The van der Waals surface area contributed by atoms with Crippen molar-refractivity contribution < 1.29 is 45.4 Å². The Balaban J connectivity index is 2.48. The van der Waals surface area contributed by atoms with Crippen molar-refractivity contribution in [1.29, 1.82) is 0 Å². The molecule has 1 heterocycles. The minimum absolute atomic E-state index is 0.00230. The Morgan fingerprint density at radius 3 is 2.42 bits per heavy atom. The lowest BCUT2D eigenvalue weighted by atomic mass is 10.1. The smallest absolute Gasteiger partial charge is 0.425 e. The maximum Gasteiger partial charge on any atom is 0.425 e. The molecule has 0 aliphatic carbocycles. The molecular weight excluding hydrogens is 498 g/mol. The van der Waals surface area contributed by atoms with Crippen molar-refractivity contribution in [3.63, 3.8) is 0 Å². The zero-order chi connectivity index (χ0) is 27.2. The highest BCUT2D eigenvalue weighted by atomic mass is 19.4. The fraction of sp³-hybridized carbons (Fsp3) is 0.409. The molecule has 0 spiro atoms. The van der Waals surface area contributed by atoms with E-state index >= 15 is 0 Å². The number of amides is 3. The number of anilines is 2. The first kappa shape index (κ1) is 28.5. The Morgan fingerprint density at radius 1 is 1.19 bits per heavy atom. The molecule has 0 radical (unpaired) electrons. The summed E-state index contributed by atoms with van der Waals surface area (Å²) < 4.78 is 89.7. The first-order valence-corrected chi connectivity index (χ1v) is 10.5. The van der Waals surface area contributed by atoms with Gasteiger partial charge in [0.1, 0.15) is 17.3 Å². The molecular formula is C22H24F6N4O4. The number of hydrogen-bond donors (Lipinski definition) is 2. The second-order valence-corrected chi connectivity index (χ2v) is 7.46. The molecule has 0 aliphatic heterocycles. The summed E-state index contributed by atoms with van der Waals surface area (Å²) in [5, 5.41) is 4.42. The predicted molar refractivity (Wildman–Crippen MR) is 118 cm³/mol. The van der Waals surface area contributed by atoms with Gasteiger partial charge in [-0.1, -0.05) is 0 Å². The zero-order valence-electron chi connectivity index (χ0n) is 19.7. The van der Waals surface area contributed by atoms with Crippen LogP contribution in [0, 0.1) is 12.7 Å². The number of benzene rings is 1. The average molecular weight is 522 g/mol. The first-order valence-electron chi connectivity index (χ1n) is 10.5. The van der Waals surface area contributed by atoms with Gasteiger partial charge in [0, 0.05) is 18.8 Å². The summed E-state index contributed by atoms with van der Waals surface area (Å²) in [6.45, 7) is 2.56. The summed E-state index contributed by atoms with van der Waals surface area (Å²) in [5.74, 6) is -2.99. The topological polar surface area (TPSA) is 92.8 Å². The van der Waals surface area contributed by atoms with Crippen molar-refractivity contribution in [3.05, 3.63) is 41.3 Å². The number of rotatable bonds is 9. The third-order valence-corrected chi connectivity index (χ3v) is 4.90. The number of urea groups is 1. The van der Waals surface area contributed by atoms with Gasteiger partial charge in [-0.05, 0) is 38.5 Å². The van der Waals surface area contributed by atoms with Crippen molar-refractivity contribution >= 4 is 23.3 Å². The van der Waals surface area contributed by atoms with Gasteiger partial charge in [-0.25, -0.2) is 22.9 Å². The summed E-state index contributed by atoms with van der Waals surface area (Å²) >= 11 is 0. The Morgan fingerprint density at radius 2 is 1.86 bits per heavy atom. The van der Waals surface area contributed by atoms with Crippen LogP contribution in [0.4, 0.5) is 42.5 Å². The summed E-state index contributed by atoms with van der Waals surface area (Å²) in [4.78, 5) is 29.8. The van der Waals surface area contributed by atoms with Crippen LogP contribution in [0.5, 0.6) is 11.6 Å². The maximum atomic E-state index is 14.8. The van der Waals surface area contributed by atoms with Crippen LogP contribution in [0.25, 0.3) is 0 Å². The van der Waals surface area contributed by atoms with Crippen LogP contribution in [0.3, 0.4) is 0 Å². The zero-order valence-corrected chi connectivity index (χ0v) is 19.7. The molecule has 8 nitrogen and oxygen atoms in total. The molecule has 198 valence electrons. The molecule has 1 aromatic heterocycles. The lowest BCUT2D eigenvalue weighted by Crippen LogP contribution is -2.38. The van der Waals surface area contributed by atoms with Gasteiger partial charge >= 0.3 is 12.2 Å². The lowest BCUT2D eigenvalue weighted by molar-refractivity contribution is -0.189. The second kappa shape index (κ2) is 11.8. The molecule has 0 bridgehead atoms. The average Bonchev–Trinajstić information content (AvgIpc) is 2.79. The highest BCUT2D eigenvalue weighted by Crippen LogP contribution is 2.33. The van der Waals surface area contributed by atoms with Crippen LogP contribution in [0.1, 0.15) is 29.8 Å². The van der Waals surface area contributed by atoms with Gasteiger partial charge in [-0.15, -0.1) is 0 Å². The monoisotopic (exact) mass is 522 g/mol. The van der Waals surface area contributed by atoms with Crippen molar-refractivity contribution in [3.8, 4) is 11.6 Å². The van der Waals surface area contributed by atoms with Gasteiger partial charge < -0.3 is 25.0 Å². The summed E-state index contributed by atoms with van der Waals surface area (Å²) in [7, 11) is 1.28. The molecule has 1 aromatic carbocycles. The number of aromatic nitrogens is 1. The number of alkyl halides is 5. The number of nitrogens with one attached hydrogen (secondary N) is 2. The van der Waals surface area contributed by atoms with E-state index in [0.29, 0.717) is 29.5 Å². The Labute approximate surface area is 202 Å². The van der Waals surface area contributed by atoms with Crippen LogP contribution < -0.4 is 20.1 Å². The van der Waals surface area contributed by atoms with E-state index in [0.717, 1.165) is 0 Å². The Kier molecular flexibility index (Phi) is 9.36. The normalized spacial score (nSPS) is 12.2. The predicted octanol–water partition coefficient (Wildman–Crippen LogP) is 5.24. The van der Waals surface area contributed by atoms with Crippen molar-refractivity contribution in [2.24, 2.45) is 0 Å². The number of ether oxygens (including phenoxy) is 2. The fourth-order valence-electron chi connectivity index (χ4n) is 2.92. The van der Waals surface area contributed by atoms with E-state index in [4.69, 9.17) is 9.47 Å². The van der Waals surface area contributed by atoms with Gasteiger partial charge in [0.25, 0.3) is 12.3 Å². The fourth-order valence-corrected chi connectivity index (χ4v) is 2.92. The van der Waals surface area contributed by atoms with Crippen LogP contribution >= 0.6 is 0 Å². The summed E-state index contributed by atoms with van der Waals surface area (Å²) in [6, 6.07) is 1.64. The highest BCUT2D eigenvalue weighted by molar-refractivity contribution is 6.07. The molecule has 1 unspecified atom stereocenters. The van der Waals surface area contributed by atoms with Gasteiger partial charge in [0.05, 0.1) is 24.9 Å². The van der Waals surface area contributed by atoms with E-state index in [9.17, 15) is 35.9 Å². The lowest BCUT2D eigenvalue weighted by Gasteiger charge is -2.23. The van der Waals surface area contributed by atoms with E-state index in [1.807, 2.05) is 5.32 Å². The van der Waals surface area contributed by atoms with Crippen LogP contribution in [-0.2, 0) is 0 Å². The molecule has 14 heteroatoms. The van der Waals surface area contributed by atoms with Crippen molar-refractivity contribution in [2.75, 3.05) is 30.8 Å². The standard InChI is InChI=1S/C22H24F6N4O4/c1-5-32(10-17(24)25)21(34)30-15-9-16(36-12(3)22(26,27)28)13(8-14(15)23)19(33)31-18-11(2)6-7-29-20(18)35-4/h6-9,12,17H,5,10H2,1-4H3,(H,30,34)(H,31,33). The van der Waals surface area contributed by atoms with E-state index in [2.05, 4.69) is 10.3 Å². The first-order chi connectivity index (χ1) is 16.8. The molecule has 0 saturated heterocycles. The van der Waals surface area contributed by atoms with E-state index in [1.165, 1.54) is 26.3 Å². The molecule has 2 rings (SSSR count). The highest BCUT2D eigenvalue weighted by Gasteiger charge is 2.39. The van der Waals surface area contributed by atoms with Gasteiger partial charge in [0.15, 0.2) is 6.10 Å². The van der Waals surface area contributed by atoms with E-state index in [-0.39, 0.29) is 18.1 Å². The van der Waals surface area contributed by atoms with Crippen molar-refractivity contribution in [1.82, 2.24) is 9.88 Å².